The molecule has 1 aliphatic rings. The van der Waals surface area contributed by atoms with Gasteiger partial charge in [0.1, 0.15) is 8.07 Å². The van der Waals surface area contributed by atoms with Gasteiger partial charge >= 0.3 is 0 Å². The van der Waals surface area contributed by atoms with E-state index in [0.717, 1.165) is 28.3 Å². The summed E-state index contributed by atoms with van der Waals surface area (Å²) in [7, 11) is -2.05. The molecule has 3 nitrogen and oxygen atoms in total. The first-order valence-corrected chi connectivity index (χ1v) is 19.9. The molecule has 0 radical (unpaired) electrons. The van der Waals surface area contributed by atoms with Gasteiger partial charge in [0.15, 0.2) is 5.82 Å². The Morgan fingerprint density at radius 2 is 1.30 bits per heavy atom. The maximum Gasteiger partial charge on any atom is 0.159 e. The van der Waals surface area contributed by atoms with Crippen molar-refractivity contribution in [3.05, 3.63) is 140 Å². The highest BCUT2D eigenvalue weighted by atomic mass is 32.1. The predicted molar refractivity (Wildman–Crippen MR) is 202 cm³/mol. The minimum absolute atomic E-state index is 0.782. The molecule has 0 saturated carbocycles. The summed E-state index contributed by atoms with van der Waals surface area (Å²) in [5, 5.41) is 7.81. The summed E-state index contributed by atoms with van der Waals surface area (Å²) >= 11 is 1.87. The highest BCUT2D eigenvalue weighted by molar-refractivity contribution is 7.25. The summed E-state index contributed by atoms with van der Waals surface area (Å²) in [5.41, 5.74) is 9.18. The van der Waals surface area contributed by atoms with Gasteiger partial charge in [0, 0.05) is 58.6 Å². The van der Waals surface area contributed by atoms with Crippen LogP contribution in [0.1, 0.15) is 0 Å². The molecule has 0 unspecified atom stereocenters. The Bertz CT molecular complexity index is 2720. The average Bonchev–Trinajstić information content (AvgIpc) is 3.72. The molecule has 47 heavy (non-hydrogen) atoms. The Morgan fingerprint density at radius 3 is 2.19 bits per heavy atom. The van der Waals surface area contributed by atoms with E-state index in [1.54, 1.807) is 0 Å². The molecule has 0 amide bonds. The fraction of sp³-hybridized carbons (Fsp3) is 0.0476. The van der Waals surface area contributed by atoms with Crippen molar-refractivity contribution in [3.63, 3.8) is 0 Å². The molecule has 0 saturated heterocycles. The fourth-order valence-electron chi connectivity index (χ4n) is 7.72. The van der Waals surface area contributed by atoms with E-state index in [1.807, 2.05) is 11.3 Å². The maximum atomic E-state index is 5.44. The molecule has 0 fully saturated rings. The third-order valence-corrected chi connectivity index (χ3v) is 14.4. The Morgan fingerprint density at radius 1 is 0.553 bits per heavy atom. The zero-order valence-electron chi connectivity index (χ0n) is 26.0. The molecule has 0 aliphatic carbocycles. The van der Waals surface area contributed by atoms with E-state index in [2.05, 4.69) is 157 Å². The van der Waals surface area contributed by atoms with E-state index in [9.17, 15) is 0 Å². The number of rotatable bonds is 3. The van der Waals surface area contributed by atoms with Gasteiger partial charge in [-0.25, -0.2) is 9.97 Å². The third kappa shape index (κ3) is 3.84. The van der Waals surface area contributed by atoms with Crippen molar-refractivity contribution < 1.29 is 0 Å². The molecule has 10 rings (SSSR count). The van der Waals surface area contributed by atoms with Gasteiger partial charge in [-0.15, -0.1) is 11.3 Å². The van der Waals surface area contributed by atoms with Crippen molar-refractivity contribution in [2.45, 2.75) is 13.1 Å². The van der Waals surface area contributed by atoms with Crippen molar-refractivity contribution in [2.75, 3.05) is 0 Å². The summed E-state index contributed by atoms with van der Waals surface area (Å²) < 4.78 is 5.06. The number of hydrogen-bond donors (Lipinski definition) is 0. The summed E-state index contributed by atoms with van der Waals surface area (Å²) in [5.74, 6) is 0.782. The van der Waals surface area contributed by atoms with Crippen LogP contribution >= 0.6 is 11.3 Å². The normalized spacial score (nSPS) is 13.5. The predicted octanol–water partition coefficient (Wildman–Crippen LogP) is 10.1. The molecule has 0 bridgehead atoms. The summed E-state index contributed by atoms with van der Waals surface area (Å²) in [6, 6.07) is 50.6. The van der Waals surface area contributed by atoms with E-state index in [-0.39, 0.29) is 0 Å². The zero-order chi connectivity index (χ0) is 31.3. The highest BCUT2D eigenvalue weighted by Crippen LogP contribution is 2.41. The van der Waals surface area contributed by atoms with Gasteiger partial charge in [-0.2, -0.15) is 0 Å². The van der Waals surface area contributed by atoms with Crippen molar-refractivity contribution in [3.8, 4) is 39.5 Å². The van der Waals surface area contributed by atoms with Gasteiger partial charge in [0.25, 0.3) is 0 Å². The van der Waals surface area contributed by atoms with Crippen LogP contribution in [0.4, 0.5) is 0 Å². The molecule has 0 N–H and O–H groups in total. The number of benzene rings is 6. The van der Waals surface area contributed by atoms with Crippen molar-refractivity contribution >= 4 is 71.9 Å². The van der Waals surface area contributed by atoms with Crippen LogP contribution < -0.4 is 10.5 Å². The number of aromatic nitrogens is 3. The van der Waals surface area contributed by atoms with E-state index in [1.165, 1.54) is 63.6 Å². The van der Waals surface area contributed by atoms with Crippen LogP contribution in [-0.4, -0.2) is 22.6 Å². The minimum atomic E-state index is -2.05. The molecule has 0 spiro atoms. The van der Waals surface area contributed by atoms with Crippen molar-refractivity contribution in [2.24, 2.45) is 0 Å². The van der Waals surface area contributed by atoms with Gasteiger partial charge in [0.2, 0.25) is 0 Å². The second kappa shape index (κ2) is 9.82. The Balaban J connectivity index is 1.22. The van der Waals surface area contributed by atoms with Gasteiger partial charge < -0.3 is 4.57 Å². The van der Waals surface area contributed by atoms with E-state index < -0.39 is 8.07 Å². The number of para-hydroxylation sites is 1. The first-order chi connectivity index (χ1) is 23.1. The summed E-state index contributed by atoms with van der Waals surface area (Å²) in [6.45, 7) is 4.85. The lowest BCUT2D eigenvalue weighted by Gasteiger charge is -2.19. The van der Waals surface area contributed by atoms with Crippen LogP contribution in [0.25, 0.3) is 81.4 Å². The fourth-order valence-corrected chi connectivity index (χ4v) is 11.8. The van der Waals surface area contributed by atoms with Gasteiger partial charge in [-0.05, 0) is 47.1 Å². The Kier molecular flexibility index (Phi) is 5.60. The van der Waals surface area contributed by atoms with Crippen molar-refractivity contribution in [1.29, 1.82) is 0 Å². The van der Waals surface area contributed by atoms with E-state index >= 15 is 0 Å². The zero-order valence-corrected chi connectivity index (χ0v) is 27.8. The third-order valence-electron chi connectivity index (χ3n) is 9.95. The first kappa shape index (κ1) is 26.8. The Labute approximate surface area is 277 Å². The second-order valence-electron chi connectivity index (χ2n) is 13.0. The van der Waals surface area contributed by atoms with Crippen LogP contribution in [0.2, 0.25) is 13.1 Å². The largest absolute Gasteiger partial charge is 0.309 e. The number of nitrogens with zero attached hydrogens (tertiary/aromatic N) is 3. The van der Waals surface area contributed by atoms with Gasteiger partial charge in [0.05, 0.1) is 16.7 Å². The lowest BCUT2D eigenvalue weighted by Crippen LogP contribution is -2.50. The van der Waals surface area contributed by atoms with Crippen LogP contribution in [0.3, 0.4) is 0 Å². The molecule has 1 aliphatic heterocycles. The van der Waals surface area contributed by atoms with Crippen LogP contribution in [0, 0.1) is 0 Å². The quantitative estimate of drug-likeness (QED) is 0.181. The lowest BCUT2D eigenvalue weighted by molar-refractivity contribution is 1.17. The van der Waals surface area contributed by atoms with Crippen LogP contribution in [-0.2, 0) is 0 Å². The van der Waals surface area contributed by atoms with Crippen LogP contribution in [0.15, 0.2) is 140 Å². The van der Waals surface area contributed by atoms with E-state index in [4.69, 9.17) is 9.97 Å². The number of fused-ring (bicyclic) bond motifs is 9. The highest BCUT2D eigenvalue weighted by Gasteiger charge is 2.41. The van der Waals surface area contributed by atoms with Gasteiger partial charge in [-0.1, -0.05) is 116 Å². The molecule has 6 aromatic carbocycles. The molecule has 4 heterocycles. The molecule has 222 valence electrons. The second-order valence-corrected chi connectivity index (χ2v) is 18.4. The molecular formula is C42H29N3SSi. The summed E-state index contributed by atoms with van der Waals surface area (Å²) in [4.78, 5) is 10.8. The monoisotopic (exact) mass is 635 g/mol. The lowest BCUT2D eigenvalue weighted by atomic mass is 10.0. The van der Waals surface area contributed by atoms with E-state index in [0.29, 0.717) is 0 Å². The standard InChI is InChI=1S/C42H29N3SSi/c1-47(2)38-22-11-8-19-31(38)39-40(26-13-4-3-5-14-26)43-41(44-42(39)47)27-15-12-16-28(23-27)45-34-20-9-6-17-29(34)32-25-37-33(24-35(32)45)30-18-7-10-21-36(30)46-37/h3-25H,1-2H3. The maximum absolute atomic E-state index is 5.44. The number of hydrogen-bond acceptors (Lipinski definition) is 3. The van der Waals surface area contributed by atoms with Crippen LogP contribution in [0.5, 0.6) is 0 Å². The molecule has 3 aromatic heterocycles. The smallest absolute Gasteiger partial charge is 0.159 e. The molecule has 0 atom stereocenters. The van der Waals surface area contributed by atoms with Crippen molar-refractivity contribution in [1.82, 2.24) is 14.5 Å². The average molecular weight is 636 g/mol. The molecule has 9 aromatic rings. The number of thiophene rings is 1. The Hall–Kier alpha value is -5.36. The topological polar surface area (TPSA) is 30.7 Å². The summed E-state index contributed by atoms with van der Waals surface area (Å²) in [6.07, 6.45) is 0. The minimum Gasteiger partial charge on any atom is -0.309 e. The SMILES string of the molecule is C[Si]1(C)c2ccccc2-c2c(-c3ccccc3)nc(-c3cccc(-n4c5ccccc5c5cc6sc7ccccc7c6cc54)c3)nc21. The molecular weight excluding hydrogens is 607 g/mol. The first-order valence-electron chi connectivity index (χ1n) is 16.1. The molecule has 5 heteroatoms. The van der Waals surface area contributed by atoms with Gasteiger partial charge in [-0.3, -0.25) is 0 Å².